The molecule has 1 aliphatic heterocycles. The number of carboxylic acid groups (broad SMARTS) is 1. The summed E-state index contributed by atoms with van der Waals surface area (Å²) in [7, 11) is 0. The Labute approximate surface area is 177 Å². The fraction of sp³-hybridized carbons (Fsp3) is 0.458. The van der Waals surface area contributed by atoms with E-state index in [4.69, 9.17) is 4.74 Å². The average Bonchev–Trinajstić information content (AvgIpc) is 2.74. The third-order valence-electron chi connectivity index (χ3n) is 6.00. The predicted molar refractivity (Wildman–Crippen MR) is 117 cm³/mol. The van der Waals surface area contributed by atoms with Gasteiger partial charge >= 0.3 is 5.97 Å². The molecule has 5 nitrogen and oxygen atoms in total. The SMILES string of the molecule is CCC(CC(=O)O)c1ccccc1N1CCOC[C@@]1(Nc1ccc(F)cc1)C(C)C. The number of aliphatic carboxylic acids is 1. The van der Waals surface area contributed by atoms with Crippen LogP contribution in [0.25, 0.3) is 0 Å². The van der Waals surface area contributed by atoms with E-state index >= 15 is 0 Å². The van der Waals surface area contributed by atoms with E-state index in [0.717, 1.165) is 23.4 Å². The first-order valence-electron chi connectivity index (χ1n) is 10.6. The van der Waals surface area contributed by atoms with Crippen LogP contribution in [0.4, 0.5) is 15.8 Å². The van der Waals surface area contributed by atoms with Crippen LogP contribution >= 0.6 is 0 Å². The molecule has 1 fully saturated rings. The number of benzene rings is 2. The summed E-state index contributed by atoms with van der Waals surface area (Å²) in [5, 5.41) is 13.0. The maximum Gasteiger partial charge on any atom is 0.303 e. The fourth-order valence-electron chi connectivity index (χ4n) is 4.27. The molecule has 1 aliphatic rings. The van der Waals surface area contributed by atoms with E-state index in [1.54, 1.807) is 12.1 Å². The number of halogens is 1. The summed E-state index contributed by atoms with van der Waals surface area (Å²) in [5.74, 6) is -0.980. The molecule has 2 aromatic rings. The third-order valence-corrected chi connectivity index (χ3v) is 6.00. The van der Waals surface area contributed by atoms with Crippen LogP contribution < -0.4 is 10.2 Å². The molecular weight excluding hydrogens is 383 g/mol. The van der Waals surface area contributed by atoms with Crippen LogP contribution in [0.5, 0.6) is 0 Å². The molecule has 0 aliphatic carbocycles. The van der Waals surface area contributed by atoms with E-state index in [0.29, 0.717) is 19.8 Å². The van der Waals surface area contributed by atoms with Crippen LogP contribution in [0.1, 0.15) is 45.1 Å². The van der Waals surface area contributed by atoms with E-state index < -0.39 is 11.6 Å². The minimum Gasteiger partial charge on any atom is -0.481 e. The van der Waals surface area contributed by atoms with Crippen molar-refractivity contribution < 1.29 is 19.0 Å². The zero-order valence-corrected chi connectivity index (χ0v) is 17.9. The quantitative estimate of drug-likeness (QED) is 0.630. The molecule has 0 amide bonds. The zero-order chi connectivity index (χ0) is 21.7. The highest BCUT2D eigenvalue weighted by molar-refractivity contribution is 5.69. The Morgan fingerprint density at radius 2 is 1.93 bits per heavy atom. The maximum atomic E-state index is 13.4. The van der Waals surface area contributed by atoms with Crippen molar-refractivity contribution in [2.75, 3.05) is 30.0 Å². The molecule has 1 saturated heterocycles. The number of hydrogen-bond acceptors (Lipinski definition) is 4. The summed E-state index contributed by atoms with van der Waals surface area (Å²) in [4.78, 5) is 13.8. The van der Waals surface area contributed by atoms with Gasteiger partial charge in [-0.15, -0.1) is 0 Å². The molecule has 30 heavy (non-hydrogen) atoms. The van der Waals surface area contributed by atoms with E-state index in [-0.39, 0.29) is 24.1 Å². The van der Waals surface area contributed by atoms with Crippen molar-refractivity contribution in [1.82, 2.24) is 0 Å². The molecule has 0 aromatic heterocycles. The number of anilines is 2. The highest BCUT2D eigenvalue weighted by Gasteiger charge is 2.44. The Morgan fingerprint density at radius 1 is 1.23 bits per heavy atom. The summed E-state index contributed by atoms with van der Waals surface area (Å²) in [6.45, 7) is 8.02. The van der Waals surface area contributed by atoms with Crippen LogP contribution in [-0.2, 0) is 9.53 Å². The van der Waals surface area contributed by atoms with Gasteiger partial charge in [0, 0.05) is 17.9 Å². The number of rotatable bonds is 8. The standard InChI is InChI=1S/C24H31FN2O3/c1-4-18(15-23(28)29)21-7-5-6-8-22(21)27-13-14-30-16-24(27,17(2)3)26-20-11-9-19(25)10-12-20/h5-12,17-18,26H,4,13-16H2,1-3H3,(H,28,29)/t18?,24-/m0/s1. The zero-order valence-electron chi connectivity index (χ0n) is 17.9. The van der Waals surface area contributed by atoms with Gasteiger partial charge in [-0.3, -0.25) is 4.79 Å². The topological polar surface area (TPSA) is 61.8 Å². The molecule has 2 N–H and O–H groups in total. The Kier molecular flexibility index (Phi) is 6.98. The van der Waals surface area contributed by atoms with E-state index in [1.165, 1.54) is 12.1 Å². The second-order valence-corrected chi connectivity index (χ2v) is 8.18. The molecule has 2 aromatic carbocycles. The van der Waals surface area contributed by atoms with Gasteiger partial charge in [0.25, 0.3) is 0 Å². The van der Waals surface area contributed by atoms with Gasteiger partial charge in [-0.05, 0) is 54.2 Å². The molecule has 6 heteroatoms. The normalized spacial score (nSPS) is 20.2. The van der Waals surface area contributed by atoms with Crippen molar-refractivity contribution in [2.24, 2.45) is 5.92 Å². The number of nitrogens with zero attached hydrogens (tertiary/aromatic N) is 1. The van der Waals surface area contributed by atoms with Gasteiger partial charge in [-0.25, -0.2) is 4.39 Å². The average molecular weight is 415 g/mol. The lowest BCUT2D eigenvalue weighted by molar-refractivity contribution is -0.137. The van der Waals surface area contributed by atoms with Crippen molar-refractivity contribution in [1.29, 1.82) is 0 Å². The van der Waals surface area contributed by atoms with E-state index in [9.17, 15) is 14.3 Å². The lowest BCUT2D eigenvalue weighted by Crippen LogP contribution is -2.65. The first-order chi connectivity index (χ1) is 14.4. The molecule has 0 saturated carbocycles. The summed E-state index contributed by atoms with van der Waals surface area (Å²) in [6, 6.07) is 14.4. The number of nitrogens with one attached hydrogen (secondary N) is 1. The van der Waals surface area contributed by atoms with Gasteiger partial charge in [0.05, 0.1) is 19.6 Å². The van der Waals surface area contributed by atoms with Gasteiger partial charge in [-0.2, -0.15) is 0 Å². The summed E-state index contributed by atoms with van der Waals surface area (Å²) >= 11 is 0. The monoisotopic (exact) mass is 414 g/mol. The van der Waals surface area contributed by atoms with Crippen molar-refractivity contribution in [2.45, 2.75) is 45.2 Å². The van der Waals surface area contributed by atoms with Crippen LogP contribution in [0, 0.1) is 11.7 Å². The molecule has 162 valence electrons. The van der Waals surface area contributed by atoms with Gasteiger partial charge in [0.15, 0.2) is 0 Å². The highest BCUT2D eigenvalue weighted by atomic mass is 19.1. The van der Waals surface area contributed by atoms with E-state index in [2.05, 4.69) is 30.1 Å². The fourth-order valence-corrected chi connectivity index (χ4v) is 4.27. The van der Waals surface area contributed by atoms with Gasteiger partial charge in [0.1, 0.15) is 11.5 Å². The first-order valence-corrected chi connectivity index (χ1v) is 10.6. The molecule has 3 rings (SSSR count). The molecule has 0 spiro atoms. The summed E-state index contributed by atoms with van der Waals surface area (Å²) in [6.07, 6.45) is 0.839. The van der Waals surface area contributed by atoms with Crippen LogP contribution in [-0.4, -0.2) is 36.5 Å². The summed E-state index contributed by atoms with van der Waals surface area (Å²) in [5.41, 5.74) is 2.33. The summed E-state index contributed by atoms with van der Waals surface area (Å²) < 4.78 is 19.3. The van der Waals surface area contributed by atoms with Crippen molar-refractivity contribution in [3.05, 3.63) is 59.9 Å². The Bertz CT molecular complexity index is 856. The van der Waals surface area contributed by atoms with Crippen molar-refractivity contribution in [3.8, 4) is 0 Å². The van der Waals surface area contributed by atoms with Gasteiger partial charge in [-0.1, -0.05) is 39.0 Å². The lowest BCUT2D eigenvalue weighted by Gasteiger charge is -2.52. The number of carboxylic acids is 1. The first kappa shape index (κ1) is 22.1. The lowest BCUT2D eigenvalue weighted by atomic mass is 9.87. The third kappa shape index (κ3) is 4.59. The van der Waals surface area contributed by atoms with E-state index in [1.807, 2.05) is 25.1 Å². The van der Waals surface area contributed by atoms with Crippen LogP contribution in [0.2, 0.25) is 0 Å². The molecule has 0 bridgehead atoms. The van der Waals surface area contributed by atoms with Crippen LogP contribution in [0.3, 0.4) is 0 Å². The second-order valence-electron chi connectivity index (χ2n) is 8.18. The smallest absolute Gasteiger partial charge is 0.303 e. The largest absolute Gasteiger partial charge is 0.481 e. The Hall–Kier alpha value is -2.60. The molecule has 0 radical (unpaired) electrons. The van der Waals surface area contributed by atoms with Gasteiger partial charge < -0.3 is 20.1 Å². The number of carbonyl (C=O) groups is 1. The minimum absolute atomic E-state index is 0.0720. The highest BCUT2D eigenvalue weighted by Crippen LogP contribution is 2.39. The number of hydrogen-bond donors (Lipinski definition) is 2. The minimum atomic E-state index is -0.793. The van der Waals surface area contributed by atoms with Crippen LogP contribution in [0.15, 0.2) is 48.5 Å². The second kappa shape index (κ2) is 9.47. The number of morpholine rings is 1. The number of para-hydroxylation sites is 1. The number of ether oxygens (including phenoxy) is 1. The molecule has 1 heterocycles. The molecular formula is C24H31FN2O3. The Balaban J connectivity index is 2.05. The predicted octanol–water partition coefficient (Wildman–Crippen LogP) is 5.10. The maximum absolute atomic E-state index is 13.4. The van der Waals surface area contributed by atoms with Crippen molar-refractivity contribution in [3.63, 3.8) is 0 Å². The van der Waals surface area contributed by atoms with Gasteiger partial charge in [0.2, 0.25) is 0 Å². The molecule has 2 atom stereocenters. The molecule has 1 unspecified atom stereocenters. The van der Waals surface area contributed by atoms with Crippen molar-refractivity contribution >= 4 is 17.3 Å². The Morgan fingerprint density at radius 3 is 2.57 bits per heavy atom.